The van der Waals surface area contributed by atoms with E-state index in [1.165, 1.54) is 24.9 Å². The van der Waals surface area contributed by atoms with Crippen molar-refractivity contribution in [2.75, 3.05) is 16.8 Å². The average Bonchev–Trinajstić information content (AvgIpc) is 3.25. The van der Waals surface area contributed by atoms with Crippen molar-refractivity contribution < 1.29 is 9.21 Å². The van der Waals surface area contributed by atoms with Crippen LogP contribution in [0, 0.1) is 0 Å². The van der Waals surface area contributed by atoms with Crippen molar-refractivity contribution in [2.24, 2.45) is 0 Å². The van der Waals surface area contributed by atoms with Crippen LogP contribution >= 0.6 is 23.8 Å². The Hall–Kier alpha value is -2.83. The lowest BCUT2D eigenvalue weighted by atomic mass is 10.0. The van der Waals surface area contributed by atoms with Gasteiger partial charge in [-0.25, -0.2) is 0 Å². The standard InChI is InChI=1S/C24H24ClN3O2S/c1-16-5-2-3-14-28(16)20-10-8-19(9-11-20)26-24(31)27-23(29)22-13-12-21(30-22)17-6-4-7-18(25)15-17/h4,6-13,15-16H,2-3,5,14H2,1H3,(H2,26,27,29,31)/t16-/m1/s1. The number of amides is 1. The maximum absolute atomic E-state index is 12.5. The summed E-state index contributed by atoms with van der Waals surface area (Å²) in [6.07, 6.45) is 3.75. The highest BCUT2D eigenvalue weighted by atomic mass is 35.5. The quantitative estimate of drug-likeness (QED) is 0.467. The van der Waals surface area contributed by atoms with Crippen LogP contribution < -0.4 is 15.5 Å². The predicted molar refractivity (Wildman–Crippen MR) is 130 cm³/mol. The van der Waals surface area contributed by atoms with Gasteiger partial charge in [-0.15, -0.1) is 0 Å². The smallest absolute Gasteiger partial charge is 0.293 e. The van der Waals surface area contributed by atoms with Crippen molar-refractivity contribution in [3.8, 4) is 11.3 Å². The van der Waals surface area contributed by atoms with E-state index in [4.69, 9.17) is 28.2 Å². The highest BCUT2D eigenvalue weighted by Gasteiger charge is 2.18. The molecule has 1 atom stereocenters. The molecule has 7 heteroatoms. The molecule has 0 saturated carbocycles. The Balaban J connectivity index is 1.35. The number of piperidine rings is 1. The number of furan rings is 1. The maximum Gasteiger partial charge on any atom is 0.293 e. The molecule has 2 aromatic carbocycles. The highest BCUT2D eigenvalue weighted by Crippen LogP contribution is 2.26. The lowest BCUT2D eigenvalue weighted by molar-refractivity contribution is 0.0951. The number of nitrogens with zero attached hydrogens (tertiary/aromatic N) is 1. The average molecular weight is 454 g/mol. The lowest BCUT2D eigenvalue weighted by Gasteiger charge is -2.35. The summed E-state index contributed by atoms with van der Waals surface area (Å²) in [5.41, 5.74) is 2.82. The van der Waals surface area contributed by atoms with Gasteiger partial charge in [-0.05, 0) is 86.9 Å². The van der Waals surface area contributed by atoms with E-state index < -0.39 is 5.91 Å². The molecular formula is C24H24ClN3O2S. The second-order valence-corrected chi connectivity index (χ2v) is 8.51. The Labute approximate surface area is 192 Å². The molecule has 0 spiro atoms. The zero-order valence-corrected chi connectivity index (χ0v) is 18.8. The number of halogens is 1. The third-order valence-corrected chi connectivity index (χ3v) is 5.87. The first kappa shape index (κ1) is 21.4. The van der Waals surface area contributed by atoms with E-state index in [2.05, 4.69) is 34.6 Å². The van der Waals surface area contributed by atoms with Crippen molar-refractivity contribution in [3.05, 3.63) is 71.4 Å². The number of carbonyl (C=O) groups excluding carboxylic acids is 1. The number of benzene rings is 2. The molecule has 4 rings (SSSR count). The number of rotatable bonds is 4. The molecule has 31 heavy (non-hydrogen) atoms. The first-order valence-electron chi connectivity index (χ1n) is 10.3. The van der Waals surface area contributed by atoms with Crippen LogP contribution in [0.15, 0.2) is 65.1 Å². The summed E-state index contributed by atoms with van der Waals surface area (Å²) in [6.45, 7) is 3.35. The van der Waals surface area contributed by atoms with Crippen LogP contribution in [0.25, 0.3) is 11.3 Å². The van der Waals surface area contributed by atoms with Crippen LogP contribution in [0.5, 0.6) is 0 Å². The number of carbonyl (C=O) groups is 1. The van der Waals surface area contributed by atoms with Gasteiger partial charge in [0.05, 0.1) is 0 Å². The molecule has 5 nitrogen and oxygen atoms in total. The zero-order valence-electron chi connectivity index (χ0n) is 17.2. The summed E-state index contributed by atoms with van der Waals surface area (Å²) in [6, 6.07) is 19.3. The molecule has 3 aromatic rings. The fourth-order valence-corrected chi connectivity index (χ4v) is 4.20. The fraction of sp³-hybridized carbons (Fsp3) is 0.250. The molecule has 0 aliphatic carbocycles. The Morgan fingerprint density at radius 2 is 1.94 bits per heavy atom. The summed E-state index contributed by atoms with van der Waals surface area (Å²) >= 11 is 11.3. The maximum atomic E-state index is 12.5. The van der Waals surface area contributed by atoms with E-state index in [1.54, 1.807) is 24.3 Å². The molecule has 1 saturated heterocycles. The zero-order chi connectivity index (χ0) is 21.8. The lowest BCUT2D eigenvalue weighted by Crippen LogP contribution is -2.37. The molecule has 0 radical (unpaired) electrons. The highest BCUT2D eigenvalue weighted by molar-refractivity contribution is 7.80. The first-order valence-corrected chi connectivity index (χ1v) is 11.1. The van der Waals surface area contributed by atoms with E-state index in [1.807, 2.05) is 24.3 Å². The van der Waals surface area contributed by atoms with E-state index in [9.17, 15) is 4.79 Å². The molecule has 0 unspecified atom stereocenters. The normalized spacial score (nSPS) is 16.1. The van der Waals surface area contributed by atoms with Gasteiger partial charge in [0.2, 0.25) is 0 Å². The largest absolute Gasteiger partial charge is 0.451 e. The Kier molecular flexibility index (Phi) is 6.59. The van der Waals surface area contributed by atoms with Gasteiger partial charge in [0.15, 0.2) is 10.9 Å². The number of thiocarbonyl (C=S) groups is 1. The molecule has 2 N–H and O–H groups in total. The minimum Gasteiger partial charge on any atom is -0.451 e. The van der Waals surface area contributed by atoms with Crippen LogP contribution in [0.1, 0.15) is 36.7 Å². The van der Waals surface area contributed by atoms with Gasteiger partial charge in [-0.1, -0.05) is 23.7 Å². The van der Waals surface area contributed by atoms with E-state index >= 15 is 0 Å². The number of hydrogen-bond donors (Lipinski definition) is 2. The minimum absolute atomic E-state index is 0.175. The summed E-state index contributed by atoms with van der Waals surface area (Å²) in [5.74, 6) is 0.326. The molecule has 1 fully saturated rings. The van der Waals surface area contributed by atoms with Gasteiger partial charge >= 0.3 is 0 Å². The van der Waals surface area contributed by atoms with Gasteiger partial charge in [0.1, 0.15) is 5.76 Å². The Morgan fingerprint density at radius 1 is 1.13 bits per heavy atom. The number of anilines is 2. The molecule has 1 aliphatic rings. The van der Waals surface area contributed by atoms with Crippen molar-refractivity contribution >= 4 is 46.2 Å². The molecule has 1 aliphatic heterocycles. The van der Waals surface area contributed by atoms with Crippen molar-refractivity contribution in [3.63, 3.8) is 0 Å². The first-order chi connectivity index (χ1) is 15.0. The monoisotopic (exact) mass is 453 g/mol. The number of nitrogens with one attached hydrogen (secondary N) is 2. The summed E-state index contributed by atoms with van der Waals surface area (Å²) in [7, 11) is 0. The van der Waals surface area contributed by atoms with Gasteiger partial charge in [0, 0.05) is 34.5 Å². The van der Waals surface area contributed by atoms with Crippen molar-refractivity contribution in [1.82, 2.24) is 5.32 Å². The summed E-state index contributed by atoms with van der Waals surface area (Å²) in [4.78, 5) is 14.9. The second-order valence-electron chi connectivity index (χ2n) is 7.67. The topological polar surface area (TPSA) is 57.5 Å². The SMILES string of the molecule is C[C@@H]1CCCCN1c1ccc(NC(=S)NC(=O)c2ccc(-c3cccc(Cl)c3)o2)cc1. The molecular weight excluding hydrogens is 430 g/mol. The van der Waals surface area contributed by atoms with Gasteiger partial charge < -0.3 is 14.6 Å². The van der Waals surface area contributed by atoms with Crippen LogP contribution in [-0.4, -0.2) is 23.6 Å². The molecule has 1 aromatic heterocycles. The van der Waals surface area contributed by atoms with Crippen LogP contribution in [0.2, 0.25) is 5.02 Å². The molecule has 1 amide bonds. The van der Waals surface area contributed by atoms with E-state index in [0.717, 1.165) is 17.8 Å². The summed E-state index contributed by atoms with van der Waals surface area (Å²) in [5, 5.41) is 6.52. The predicted octanol–water partition coefficient (Wildman–Crippen LogP) is 6.11. The Bertz CT molecular complexity index is 1080. The van der Waals surface area contributed by atoms with Crippen molar-refractivity contribution in [1.29, 1.82) is 0 Å². The second kappa shape index (κ2) is 9.54. The fourth-order valence-electron chi connectivity index (χ4n) is 3.80. The van der Waals surface area contributed by atoms with Gasteiger partial charge in [-0.3, -0.25) is 10.1 Å². The van der Waals surface area contributed by atoms with Gasteiger partial charge in [0.25, 0.3) is 5.91 Å². The molecule has 2 heterocycles. The van der Waals surface area contributed by atoms with Gasteiger partial charge in [-0.2, -0.15) is 0 Å². The van der Waals surface area contributed by atoms with Crippen LogP contribution in [-0.2, 0) is 0 Å². The van der Waals surface area contributed by atoms with Crippen LogP contribution in [0.3, 0.4) is 0 Å². The van der Waals surface area contributed by atoms with E-state index in [0.29, 0.717) is 16.8 Å². The van der Waals surface area contributed by atoms with Crippen LogP contribution in [0.4, 0.5) is 11.4 Å². The third kappa shape index (κ3) is 5.27. The molecule has 0 bridgehead atoms. The Morgan fingerprint density at radius 3 is 2.68 bits per heavy atom. The number of hydrogen-bond acceptors (Lipinski definition) is 4. The van der Waals surface area contributed by atoms with Crippen molar-refractivity contribution in [2.45, 2.75) is 32.2 Å². The summed E-state index contributed by atoms with van der Waals surface area (Å²) < 4.78 is 5.67. The van der Waals surface area contributed by atoms with E-state index in [-0.39, 0.29) is 10.9 Å². The molecule has 160 valence electrons. The third-order valence-electron chi connectivity index (χ3n) is 5.43. The minimum atomic E-state index is -0.412.